The topological polar surface area (TPSA) is 82.2 Å². The highest BCUT2D eigenvalue weighted by molar-refractivity contribution is 7.13. The summed E-state index contributed by atoms with van der Waals surface area (Å²) in [6.45, 7) is 6.71. The number of nitrogens with one attached hydrogen (secondary N) is 1. The van der Waals surface area contributed by atoms with Gasteiger partial charge in [0, 0.05) is 38.5 Å². The van der Waals surface area contributed by atoms with Gasteiger partial charge in [-0.3, -0.25) is 9.59 Å². The number of piperidine rings is 1. The Kier molecular flexibility index (Phi) is 4.86. The first-order valence-corrected chi connectivity index (χ1v) is 10.3. The van der Waals surface area contributed by atoms with Crippen molar-refractivity contribution in [1.82, 2.24) is 24.8 Å². The SMILES string of the molecule is Cc1nc(C)c(C(=O)N2CCC[C@@H](c3nc4c(c(=O)[nH]3)CN(C)CC4)C2)s1. The molecule has 0 aliphatic carbocycles. The number of fused-ring (bicyclic) bond motifs is 1. The van der Waals surface area contributed by atoms with Gasteiger partial charge in [0.05, 0.1) is 22.0 Å². The molecule has 1 N–H and O–H groups in total. The molecule has 7 nitrogen and oxygen atoms in total. The van der Waals surface area contributed by atoms with Crippen molar-refractivity contribution in [2.75, 3.05) is 26.7 Å². The number of aromatic nitrogens is 3. The van der Waals surface area contributed by atoms with Crippen LogP contribution in [0, 0.1) is 13.8 Å². The number of aryl methyl sites for hydroxylation is 2. The smallest absolute Gasteiger partial charge is 0.265 e. The Morgan fingerprint density at radius 3 is 2.81 bits per heavy atom. The first-order valence-electron chi connectivity index (χ1n) is 9.46. The standard InChI is InChI=1S/C19H25N5O2S/c1-11-16(27-12(2)20-11)19(26)24-7-4-5-13(9-24)17-21-15-6-8-23(3)10-14(15)18(25)22-17/h13H,4-10H2,1-3H3,(H,21,22,25)/t13-/m1/s1. The van der Waals surface area contributed by atoms with Crippen molar-refractivity contribution in [3.05, 3.63) is 43.0 Å². The van der Waals surface area contributed by atoms with E-state index in [0.717, 1.165) is 65.0 Å². The Bertz CT molecular complexity index is 935. The molecule has 1 amide bonds. The molecule has 8 heteroatoms. The van der Waals surface area contributed by atoms with Gasteiger partial charge in [0.2, 0.25) is 0 Å². The van der Waals surface area contributed by atoms with Crippen LogP contribution in [0.5, 0.6) is 0 Å². The van der Waals surface area contributed by atoms with Crippen molar-refractivity contribution < 1.29 is 4.79 Å². The number of hydrogen-bond donors (Lipinski definition) is 1. The molecule has 0 unspecified atom stereocenters. The summed E-state index contributed by atoms with van der Waals surface area (Å²) in [7, 11) is 2.02. The third kappa shape index (κ3) is 3.55. The van der Waals surface area contributed by atoms with Gasteiger partial charge in [0.25, 0.3) is 11.5 Å². The second kappa shape index (κ2) is 7.16. The highest BCUT2D eigenvalue weighted by Gasteiger charge is 2.30. The second-order valence-electron chi connectivity index (χ2n) is 7.60. The van der Waals surface area contributed by atoms with Crippen LogP contribution in [0.15, 0.2) is 4.79 Å². The first kappa shape index (κ1) is 18.3. The van der Waals surface area contributed by atoms with E-state index in [4.69, 9.17) is 4.98 Å². The minimum Gasteiger partial charge on any atom is -0.337 e. The van der Waals surface area contributed by atoms with Crippen LogP contribution < -0.4 is 5.56 Å². The molecule has 1 saturated heterocycles. The van der Waals surface area contributed by atoms with Crippen molar-refractivity contribution in [1.29, 1.82) is 0 Å². The quantitative estimate of drug-likeness (QED) is 0.850. The van der Waals surface area contributed by atoms with Gasteiger partial charge in [-0.1, -0.05) is 0 Å². The van der Waals surface area contributed by atoms with Crippen molar-refractivity contribution in [3.8, 4) is 0 Å². The highest BCUT2D eigenvalue weighted by Crippen LogP contribution is 2.28. The number of likely N-dealkylation sites (N-methyl/N-ethyl adjacent to an activating group) is 1. The van der Waals surface area contributed by atoms with Crippen molar-refractivity contribution >= 4 is 17.2 Å². The lowest BCUT2D eigenvalue weighted by atomic mass is 9.96. The van der Waals surface area contributed by atoms with Crippen molar-refractivity contribution in [3.63, 3.8) is 0 Å². The van der Waals surface area contributed by atoms with Crippen molar-refractivity contribution in [2.24, 2.45) is 0 Å². The maximum Gasteiger partial charge on any atom is 0.265 e. The van der Waals surface area contributed by atoms with Gasteiger partial charge in [-0.25, -0.2) is 9.97 Å². The summed E-state index contributed by atoms with van der Waals surface area (Å²) in [6.07, 6.45) is 2.65. The zero-order valence-corrected chi connectivity index (χ0v) is 16.9. The first-order chi connectivity index (χ1) is 12.9. The van der Waals surface area contributed by atoms with E-state index in [1.807, 2.05) is 25.8 Å². The summed E-state index contributed by atoms with van der Waals surface area (Å²) >= 11 is 1.45. The van der Waals surface area contributed by atoms with Gasteiger partial charge in [-0.15, -0.1) is 11.3 Å². The normalized spacial score (nSPS) is 20.6. The van der Waals surface area contributed by atoms with Crippen molar-refractivity contribution in [2.45, 2.75) is 45.6 Å². The van der Waals surface area contributed by atoms with E-state index in [9.17, 15) is 9.59 Å². The predicted octanol–water partition coefficient (Wildman–Crippen LogP) is 1.85. The van der Waals surface area contributed by atoms with Gasteiger partial charge in [-0.2, -0.15) is 0 Å². The number of carbonyl (C=O) groups excluding carboxylic acids is 1. The number of hydrogen-bond acceptors (Lipinski definition) is 6. The summed E-state index contributed by atoms with van der Waals surface area (Å²) < 4.78 is 0. The lowest BCUT2D eigenvalue weighted by molar-refractivity contribution is 0.0708. The molecule has 27 heavy (non-hydrogen) atoms. The van der Waals surface area contributed by atoms with E-state index >= 15 is 0 Å². The molecule has 144 valence electrons. The lowest BCUT2D eigenvalue weighted by Gasteiger charge is -2.32. The molecule has 0 radical (unpaired) electrons. The molecule has 0 bridgehead atoms. The molecule has 4 rings (SSSR count). The monoisotopic (exact) mass is 387 g/mol. The second-order valence-corrected chi connectivity index (χ2v) is 8.81. The Labute approximate surface area is 162 Å². The molecule has 4 heterocycles. The molecule has 0 saturated carbocycles. The highest BCUT2D eigenvalue weighted by atomic mass is 32.1. The molecule has 0 aromatic carbocycles. The third-order valence-electron chi connectivity index (χ3n) is 5.47. The Balaban J connectivity index is 1.57. The molecule has 1 fully saturated rings. The van der Waals surface area contributed by atoms with Crippen LogP contribution in [0.2, 0.25) is 0 Å². The minimum absolute atomic E-state index is 0.0288. The number of thiazole rings is 1. The average Bonchev–Trinajstić information content (AvgIpc) is 3.00. The van der Waals surface area contributed by atoms with E-state index in [0.29, 0.717) is 13.1 Å². The Morgan fingerprint density at radius 2 is 2.07 bits per heavy atom. The van der Waals surface area contributed by atoms with Gasteiger partial charge in [0.1, 0.15) is 10.7 Å². The molecule has 1 atom stereocenters. The molecule has 2 aliphatic rings. The van der Waals surface area contributed by atoms with Crippen LogP contribution in [0.25, 0.3) is 0 Å². The number of likely N-dealkylation sites (tertiary alicyclic amines) is 1. The number of amides is 1. The summed E-state index contributed by atoms with van der Waals surface area (Å²) in [4.78, 5) is 42.4. The third-order valence-corrected chi connectivity index (χ3v) is 6.53. The van der Waals surface area contributed by atoms with E-state index in [1.165, 1.54) is 11.3 Å². The number of nitrogens with zero attached hydrogens (tertiary/aromatic N) is 4. The zero-order valence-electron chi connectivity index (χ0n) is 16.0. The summed E-state index contributed by atoms with van der Waals surface area (Å²) in [6, 6.07) is 0. The van der Waals surface area contributed by atoms with Crippen LogP contribution in [-0.2, 0) is 13.0 Å². The van der Waals surface area contributed by atoms with Gasteiger partial charge >= 0.3 is 0 Å². The Morgan fingerprint density at radius 1 is 1.26 bits per heavy atom. The average molecular weight is 388 g/mol. The fourth-order valence-corrected chi connectivity index (χ4v) is 4.92. The molecule has 2 aromatic rings. The molecule has 0 spiro atoms. The van der Waals surface area contributed by atoms with Crippen LogP contribution in [0.4, 0.5) is 0 Å². The number of aromatic amines is 1. The number of rotatable bonds is 2. The van der Waals surface area contributed by atoms with Gasteiger partial charge in [-0.05, 0) is 33.7 Å². The predicted molar refractivity (Wildman–Crippen MR) is 104 cm³/mol. The van der Waals surface area contributed by atoms with Gasteiger partial charge < -0.3 is 14.8 Å². The Hall–Kier alpha value is -2.06. The maximum atomic E-state index is 12.9. The fraction of sp³-hybridized carbons (Fsp3) is 0.579. The molecular weight excluding hydrogens is 362 g/mol. The number of H-pyrrole nitrogens is 1. The minimum atomic E-state index is -0.0288. The van der Waals surface area contributed by atoms with Crippen LogP contribution in [0.3, 0.4) is 0 Å². The number of carbonyl (C=O) groups is 1. The largest absolute Gasteiger partial charge is 0.337 e. The van der Waals surface area contributed by atoms with E-state index < -0.39 is 0 Å². The zero-order chi connectivity index (χ0) is 19.1. The van der Waals surface area contributed by atoms with E-state index in [1.54, 1.807) is 0 Å². The lowest BCUT2D eigenvalue weighted by Crippen LogP contribution is -2.40. The molecule has 2 aliphatic heterocycles. The van der Waals surface area contributed by atoms with Crippen LogP contribution in [0.1, 0.15) is 56.2 Å². The van der Waals surface area contributed by atoms with Crippen LogP contribution in [-0.4, -0.2) is 57.3 Å². The summed E-state index contributed by atoms with van der Waals surface area (Å²) in [5, 5.41) is 0.912. The summed E-state index contributed by atoms with van der Waals surface area (Å²) in [5.74, 6) is 0.859. The molecule has 2 aromatic heterocycles. The van der Waals surface area contributed by atoms with E-state index in [-0.39, 0.29) is 17.4 Å². The summed E-state index contributed by atoms with van der Waals surface area (Å²) in [5.41, 5.74) is 2.48. The van der Waals surface area contributed by atoms with Gasteiger partial charge in [0.15, 0.2) is 0 Å². The fourth-order valence-electron chi connectivity index (χ4n) is 4.03. The van der Waals surface area contributed by atoms with E-state index in [2.05, 4.69) is 14.9 Å². The molecular formula is C19H25N5O2S. The van der Waals surface area contributed by atoms with Crippen LogP contribution >= 0.6 is 11.3 Å². The maximum absolute atomic E-state index is 12.9.